The zero-order valence-corrected chi connectivity index (χ0v) is 17.8. The minimum Gasteiger partial charge on any atom is -0.483 e. The summed E-state index contributed by atoms with van der Waals surface area (Å²) in [4.78, 5) is 30.1. The molecule has 0 aliphatic carbocycles. The average molecular weight is 427 g/mol. The standard InChI is InChI=1S/C18H30N4O2.2CH2O2/c1-18(2,13-21-5-7-24-8-6-21)14-22-11-15(17(23)12-22)9-16-10-19-3-4-20-16;2*2-1-3/h3-4,10,15,17,23H,5-9,11-14H2,1-2H3;2*1H,(H,2,3)/t15-,17-;;/m1../s1. The summed E-state index contributed by atoms with van der Waals surface area (Å²) in [6.45, 7) is 11.7. The quantitative estimate of drug-likeness (QED) is 0.536. The van der Waals surface area contributed by atoms with Crippen LogP contribution in [0.4, 0.5) is 0 Å². The molecule has 2 saturated heterocycles. The van der Waals surface area contributed by atoms with Crippen molar-refractivity contribution in [2.75, 3.05) is 52.5 Å². The van der Waals surface area contributed by atoms with Crippen molar-refractivity contribution >= 4 is 12.9 Å². The van der Waals surface area contributed by atoms with Crippen LogP contribution in [0.3, 0.4) is 0 Å². The Hall–Kier alpha value is -2.14. The lowest BCUT2D eigenvalue weighted by molar-refractivity contribution is -0.123. The minimum atomic E-state index is -0.272. The van der Waals surface area contributed by atoms with E-state index in [4.69, 9.17) is 24.5 Å². The minimum absolute atomic E-state index is 0.207. The zero-order valence-electron chi connectivity index (χ0n) is 17.8. The van der Waals surface area contributed by atoms with Gasteiger partial charge in [-0.1, -0.05) is 13.8 Å². The summed E-state index contributed by atoms with van der Waals surface area (Å²) in [5, 5.41) is 24.2. The van der Waals surface area contributed by atoms with Gasteiger partial charge in [-0.25, -0.2) is 0 Å². The van der Waals surface area contributed by atoms with Crippen LogP contribution in [-0.4, -0.2) is 107 Å². The monoisotopic (exact) mass is 426 g/mol. The smallest absolute Gasteiger partial charge is 0.290 e. The normalized spacial score (nSPS) is 22.2. The van der Waals surface area contributed by atoms with E-state index in [9.17, 15) is 5.11 Å². The zero-order chi connectivity index (χ0) is 22.4. The summed E-state index contributed by atoms with van der Waals surface area (Å²) in [6.07, 6.45) is 5.74. The van der Waals surface area contributed by atoms with Crippen molar-refractivity contribution in [2.45, 2.75) is 26.4 Å². The number of ether oxygens (including phenoxy) is 1. The molecule has 0 saturated carbocycles. The van der Waals surface area contributed by atoms with Gasteiger partial charge in [-0.05, 0) is 11.8 Å². The van der Waals surface area contributed by atoms with Crippen LogP contribution < -0.4 is 0 Å². The number of rotatable bonds is 6. The molecule has 10 heteroatoms. The molecule has 170 valence electrons. The lowest BCUT2D eigenvalue weighted by Crippen LogP contribution is -2.45. The van der Waals surface area contributed by atoms with Crippen LogP contribution in [0.15, 0.2) is 18.6 Å². The molecule has 0 aromatic carbocycles. The summed E-state index contributed by atoms with van der Waals surface area (Å²) in [6, 6.07) is 0. The number of hydrogen-bond donors (Lipinski definition) is 3. The van der Waals surface area contributed by atoms with Crippen molar-refractivity contribution in [1.29, 1.82) is 0 Å². The second-order valence-electron chi connectivity index (χ2n) is 8.19. The molecule has 2 aliphatic rings. The van der Waals surface area contributed by atoms with Crippen LogP contribution in [0.2, 0.25) is 0 Å². The van der Waals surface area contributed by atoms with E-state index in [1.165, 1.54) is 0 Å². The SMILES string of the molecule is CC(C)(CN1CCOCC1)CN1C[C@@H](Cc2cnccn2)[C@H](O)C1.O=CO.O=CO. The van der Waals surface area contributed by atoms with E-state index < -0.39 is 0 Å². The fourth-order valence-electron chi connectivity index (χ4n) is 4.00. The van der Waals surface area contributed by atoms with Crippen molar-refractivity contribution < 1.29 is 29.6 Å². The number of aliphatic hydroxyl groups excluding tert-OH is 1. The maximum Gasteiger partial charge on any atom is 0.290 e. The second-order valence-corrected chi connectivity index (χ2v) is 8.19. The van der Waals surface area contributed by atoms with Crippen molar-refractivity contribution in [3.63, 3.8) is 0 Å². The predicted octanol–water partition coefficient (Wildman–Crippen LogP) is 0.0718. The van der Waals surface area contributed by atoms with Crippen LogP contribution in [-0.2, 0) is 20.7 Å². The van der Waals surface area contributed by atoms with E-state index in [1.807, 2.05) is 0 Å². The first-order valence-corrected chi connectivity index (χ1v) is 9.96. The van der Waals surface area contributed by atoms with Crippen LogP contribution in [0.25, 0.3) is 0 Å². The fraction of sp³-hybridized carbons (Fsp3) is 0.700. The number of morpholine rings is 1. The van der Waals surface area contributed by atoms with Gasteiger partial charge in [0.2, 0.25) is 0 Å². The summed E-state index contributed by atoms with van der Waals surface area (Å²) < 4.78 is 5.44. The Morgan fingerprint density at radius 3 is 2.27 bits per heavy atom. The maximum absolute atomic E-state index is 10.4. The Balaban J connectivity index is 0.000000672. The van der Waals surface area contributed by atoms with Gasteiger partial charge in [-0.2, -0.15) is 0 Å². The molecule has 0 unspecified atom stereocenters. The van der Waals surface area contributed by atoms with Crippen molar-refractivity contribution in [1.82, 2.24) is 19.8 Å². The molecule has 2 fully saturated rings. The number of carboxylic acid groups (broad SMARTS) is 2. The molecule has 3 heterocycles. The van der Waals surface area contributed by atoms with Gasteiger partial charge in [0, 0.05) is 63.8 Å². The molecule has 1 aromatic heterocycles. The predicted molar refractivity (Wildman–Crippen MR) is 110 cm³/mol. The molecule has 0 spiro atoms. The van der Waals surface area contributed by atoms with Gasteiger partial charge in [0.1, 0.15) is 0 Å². The molecule has 0 bridgehead atoms. The van der Waals surface area contributed by atoms with Crippen LogP contribution in [0, 0.1) is 11.3 Å². The molecular weight excluding hydrogens is 392 g/mol. The van der Waals surface area contributed by atoms with Gasteiger partial charge in [0.25, 0.3) is 12.9 Å². The Bertz CT molecular complexity index is 592. The third kappa shape index (κ3) is 10.1. The van der Waals surface area contributed by atoms with Crippen molar-refractivity contribution in [2.24, 2.45) is 11.3 Å². The first kappa shape index (κ1) is 25.9. The third-order valence-electron chi connectivity index (χ3n) is 4.98. The molecule has 1 aromatic rings. The highest BCUT2D eigenvalue weighted by atomic mass is 16.5. The largest absolute Gasteiger partial charge is 0.483 e. The highest BCUT2D eigenvalue weighted by Crippen LogP contribution is 2.26. The maximum atomic E-state index is 10.4. The molecular formula is C20H34N4O6. The number of β-amino-alcohol motifs (C(OH)–C–C–N with tert-alkyl or cyclic N) is 1. The van der Waals surface area contributed by atoms with Crippen molar-refractivity contribution in [3.8, 4) is 0 Å². The molecule has 10 nitrogen and oxygen atoms in total. The van der Waals surface area contributed by atoms with E-state index >= 15 is 0 Å². The van der Waals surface area contributed by atoms with Gasteiger partial charge in [-0.3, -0.25) is 29.4 Å². The summed E-state index contributed by atoms with van der Waals surface area (Å²) >= 11 is 0. The van der Waals surface area contributed by atoms with E-state index in [0.29, 0.717) is 0 Å². The molecule has 0 amide bonds. The summed E-state index contributed by atoms with van der Waals surface area (Å²) in [7, 11) is 0. The van der Waals surface area contributed by atoms with E-state index in [1.54, 1.807) is 18.6 Å². The molecule has 30 heavy (non-hydrogen) atoms. The number of hydrogen-bond acceptors (Lipinski definition) is 8. The first-order chi connectivity index (χ1) is 14.3. The number of nitrogens with zero attached hydrogens (tertiary/aromatic N) is 4. The number of aromatic nitrogens is 2. The molecule has 3 N–H and O–H groups in total. The molecule has 2 aliphatic heterocycles. The van der Waals surface area contributed by atoms with E-state index in [2.05, 4.69) is 33.6 Å². The van der Waals surface area contributed by atoms with Gasteiger partial charge in [0.15, 0.2) is 0 Å². The van der Waals surface area contributed by atoms with Gasteiger partial charge in [0.05, 0.1) is 25.0 Å². The summed E-state index contributed by atoms with van der Waals surface area (Å²) in [5.74, 6) is 0.251. The Morgan fingerprint density at radius 1 is 1.10 bits per heavy atom. The highest BCUT2D eigenvalue weighted by Gasteiger charge is 2.35. The van der Waals surface area contributed by atoms with Crippen LogP contribution in [0.1, 0.15) is 19.5 Å². The van der Waals surface area contributed by atoms with Crippen molar-refractivity contribution in [3.05, 3.63) is 24.3 Å². The number of carbonyl (C=O) groups is 2. The van der Waals surface area contributed by atoms with Gasteiger partial charge in [-0.15, -0.1) is 0 Å². The number of aliphatic hydroxyl groups is 1. The number of likely N-dealkylation sites (tertiary alicyclic amines) is 1. The van der Waals surface area contributed by atoms with Crippen LogP contribution >= 0.6 is 0 Å². The van der Waals surface area contributed by atoms with Gasteiger partial charge >= 0.3 is 0 Å². The lowest BCUT2D eigenvalue weighted by Gasteiger charge is -2.37. The third-order valence-corrected chi connectivity index (χ3v) is 4.98. The summed E-state index contributed by atoms with van der Waals surface area (Å²) in [5.41, 5.74) is 1.18. The van der Waals surface area contributed by atoms with Crippen LogP contribution in [0.5, 0.6) is 0 Å². The van der Waals surface area contributed by atoms with Gasteiger partial charge < -0.3 is 20.1 Å². The first-order valence-electron chi connectivity index (χ1n) is 9.96. The Morgan fingerprint density at radius 2 is 1.70 bits per heavy atom. The second kappa shape index (κ2) is 14.0. The fourth-order valence-corrected chi connectivity index (χ4v) is 4.00. The van der Waals surface area contributed by atoms with E-state index in [0.717, 1.165) is 64.6 Å². The molecule has 2 atom stereocenters. The highest BCUT2D eigenvalue weighted by molar-refractivity contribution is 5.33. The molecule has 0 radical (unpaired) electrons. The Labute approximate surface area is 177 Å². The topological polar surface area (TPSA) is 136 Å². The molecule has 3 rings (SSSR count). The van der Waals surface area contributed by atoms with E-state index in [-0.39, 0.29) is 30.4 Å². The Kier molecular flexibility index (Phi) is 12.1. The average Bonchev–Trinajstić information content (AvgIpc) is 3.02. The lowest BCUT2D eigenvalue weighted by atomic mass is 9.91.